The quantitative estimate of drug-likeness (QED) is 0.123. The van der Waals surface area contributed by atoms with E-state index in [1.807, 2.05) is 0 Å². The summed E-state index contributed by atoms with van der Waals surface area (Å²) in [7, 11) is 0. The standard InChI is InChI=1S/C24H28N6O5/c25-24(26)27-12-4-3-7-19(31)28-15-10-8-14(9-11-15)13-18(23(34)35)30-22(33)20-21(32)16-5-1-2-6-17(16)29-20/h1-2,5-6,8-11,18,29,32H,3-4,7,12-13H2,(H,28,31)(H,30,33)(H,34,35)(H4,25,26,27). The van der Waals surface area contributed by atoms with Crippen LogP contribution in [0.1, 0.15) is 35.3 Å². The van der Waals surface area contributed by atoms with Crippen molar-refractivity contribution in [3.8, 4) is 5.75 Å². The molecule has 2 amide bonds. The van der Waals surface area contributed by atoms with Crippen molar-refractivity contribution in [2.75, 3.05) is 11.9 Å². The highest BCUT2D eigenvalue weighted by molar-refractivity contribution is 6.04. The summed E-state index contributed by atoms with van der Waals surface area (Å²) in [6.45, 7) is 0.464. The number of benzene rings is 2. The van der Waals surface area contributed by atoms with Crippen molar-refractivity contribution in [2.24, 2.45) is 16.5 Å². The van der Waals surface area contributed by atoms with Gasteiger partial charge in [0.25, 0.3) is 5.91 Å². The first-order chi connectivity index (χ1) is 16.7. The fourth-order valence-corrected chi connectivity index (χ4v) is 3.51. The van der Waals surface area contributed by atoms with E-state index in [0.717, 1.165) is 0 Å². The fourth-order valence-electron chi connectivity index (χ4n) is 3.51. The third kappa shape index (κ3) is 6.97. The van der Waals surface area contributed by atoms with Gasteiger partial charge in [-0.1, -0.05) is 24.3 Å². The van der Waals surface area contributed by atoms with Crippen LogP contribution in [0.5, 0.6) is 5.75 Å². The predicted molar refractivity (Wildman–Crippen MR) is 132 cm³/mol. The van der Waals surface area contributed by atoms with E-state index in [1.54, 1.807) is 48.5 Å². The highest BCUT2D eigenvalue weighted by Gasteiger charge is 2.24. The van der Waals surface area contributed by atoms with Crippen molar-refractivity contribution in [2.45, 2.75) is 31.7 Å². The molecule has 1 heterocycles. The second-order valence-electron chi connectivity index (χ2n) is 7.97. The maximum atomic E-state index is 12.6. The summed E-state index contributed by atoms with van der Waals surface area (Å²) in [5.41, 5.74) is 12.2. The topological polar surface area (TPSA) is 196 Å². The Balaban J connectivity index is 1.55. The number of carboxylic acids is 1. The molecule has 0 aliphatic rings. The maximum Gasteiger partial charge on any atom is 0.326 e. The van der Waals surface area contributed by atoms with Gasteiger partial charge < -0.3 is 37.3 Å². The minimum Gasteiger partial charge on any atom is -0.505 e. The Morgan fingerprint density at radius 3 is 2.40 bits per heavy atom. The Morgan fingerprint density at radius 2 is 1.74 bits per heavy atom. The number of aromatic nitrogens is 1. The number of nitrogens with one attached hydrogen (secondary N) is 3. The van der Waals surface area contributed by atoms with Gasteiger partial charge in [0.1, 0.15) is 11.7 Å². The molecule has 1 aromatic heterocycles. The number of anilines is 1. The van der Waals surface area contributed by atoms with E-state index in [1.165, 1.54) is 0 Å². The average Bonchev–Trinajstić information content (AvgIpc) is 3.16. The largest absolute Gasteiger partial charge is 0.505 e. The van der Waals surface area contributed by atoms with E-state index < -0.39 is 17.9 Å². The molecule has 11 nitrogen and oxygen atoms in total. The van der Waals surface area contributed by atoms with Gasteiger partial charge >= 0.3 is 5.97 Å². The van der Waals surface area contributed by atoms with Crippen LogP contribution in [0.2, 0.25) is 0 Å². The zero-order chi connectivity index (χ0) is 25.4. The smallest absolute Gasteiger partial charge is 0.326 e. The lowest BCUT2D eigenvalue weighted by Gasteiger charge is -2.15. The summed E-state index contributed by atoms with van der Waals surface area (Å²) in [6, 6.07) is 12.3. The van der Waals surface area contributed by atoms with E-state index in [-0.39, 0.29) is 29.7 Å². The molecule has 2 aromatic carbocycles. The number of amides is 2. The summed E-state index contributed by atoms with van der Waals surface area (Å²) in [5, 5.41) is 25.6. The fraction of sp³-hybridized carbons (Fsp3) is 0.250. The van der Waals surface area contributed by atoms with E-state index >= 15 is 0 Å². The molecule has 3 rings (SSSR count). The van der Waals surface area contributed by atoms with Gasteiger partial charge in [-0.2, -0.15) is 0 Å². The lowest BCUT2D eigenvalue weighted by atomic mass is 10.1. The number of carboxylic acid groups (broad SMARTS) is 1. The van der Waals surface area contributed by atoms with Gasteiger partial charge in [-0.05, 0) is 42.7 Å². The van der Waals surface area contributed by atoms with Crippen LogP contribution in [0.3, 0.4) is 0 Å². The number of aromatic amines is 1. The van der Waals surface area contributed by atoms with Crippen LogP contribution in [0.25, 0.3) is 10.9 Å². The van der Waals surface area contributed by atoms with Gasteiger partial charge in [-0.3, -0.25) is 14.6 Å². The van der Waals surface area contributed by atoms with Gasteiger partial charge in [0.05, 0.1) is 0 Å². The molecular formula is C24H28N6O5. The molecule has 1 unspecified atom stereocenters. The van der Waals surface area contributed by atoms with Gasteiger partial charge in [0.15, 0.2) is 11.7 Å². The molecule has 0 spiro atoms. The molecule has 0 bridgehead atoms. The van der Waals surface area contributed by atoms with Crippen LogP contribution in [-0.2, 0) is 16.0 Å². The molecule has 3 aromatic rings. The molecule has 0 fully saturated rings. The van der Waals surface area contributed by atoms with Gasteiger partial charge in [0.2, 0.25) is 5.91 Å². The number of hydrogen-bond donors (Lipinski definition) is 7. The van der Waals surface area contributed by atoms with Gasteiger partial charge in [-0.15, -0.1) is 0 Å². The van der Waals surface area contributed by atoms with Crippen LogP contribution in [0.15, 0.2) is 53.5 Å². The molecule has 0 aliphatic heterocycles. The normalized spacial score (nSPS) is 11.5. The maximum absolute atomic E-state index is 12.6. The Hall–Kier alpha value is -4.54. The second-order valence-corrected chi connectivity index (χ2v) is 7.97. The molecule has 184 valence electrons. The number of guanidine groups is 1. The number of carbonyl (C=O) groups is 3. The molecule has 9 N–H and O–H groups in total. The minimum absolute atomic E-state index is 0.0150. The van der Waals surface area contributed by atoms with Crippen molar-refractivity contribution < 1.29 is 24.6 Å². The Bertz CT molecular complexity index is 1230. The number of para-hydroxylation sites is 1. The summed E-state index contributed by atoms with van der Waals surface area (Å²) in [4.78, 5) is 43.1. The first-order valence-corrected chi connectivity index (χ1v) is 11.0. The van der Waals surface area contributed by atoms with E-state index in [0.29, 0.717) is 48.0 Å². The van der Waals surface area contributed by atoms with Crippen molar-refractivity contribution in [1.82, 2.24) is 10.3 Å². The molecule has 0 saturated heterocycles. The Morgan fingerprint density at radius 1 is 1.03 bits per heavy atom. The molecule has 35 heavy (non-hydrogen) atoms. The molecule has 0 radical (unpaired) electrons. The molecule has 0 saturated carbocycles. The highest BCUT2D eigenvalue weighted by Crippen LogP contribution is 2.28. The van der Waals surface area contributed by atoms with Crippen LogP contribution >= 0.6 is 0 Å². The van der Waals surface area contributed by atoms with Crippen LogP contribution < -0.4 is 22.1 Å². The zero-order valence-corrected chi connectivity index (χ0v) is 19.0. The number of aromatic hydroxyl groups is 1. The summed E-state index contributed by atoms with van der Waals surface area (Å²) >= 11 is 0. The number of aliphatic imine (C=N–C) groups is 1. The number of nitrogens with two attached hydrogens (primary N) is 2. The van der Waals surface area contributed by atoms with Crippen molar-refractivity contribution >= 4 is 40.3 Å². The van der Waals surface area contributed by atoms with Crippen LogP contribution in [0, 0.1) is 0 Å². The summed E-state index contributed by atoms with van der Waals surface area (Å²) in [6.07, 6.45) is 1.64. The van der Waals surface area contributed by atoms with Crippen molar-refractivity contribution in [3.05, 3.63) is 59.8 Å². The van der Waals surface area contributed by atoms with Crippen molar-refractivity contribution in [3.63, 3.8) is 0 Å². The predicted octanol–water partition coefficient (Wildman–Crippen LogP) is 1.68. The molecule has 1 atom stereocenters. The van der Waals surface area contributed by atoms with Crippen LogP contribution in [0.4, 0.5) is 5.69 Å². The lowest BCUT2D eigenvalue weighted by molar-refractivity contribution is -0.139. The summed E-state index contributed by atoms with van der Waals surface area (Å²) < 4.78 is 0. The molecular weight excluding hydrogens is 452 g/mol. The first-order valence-electron chi connectivity index (χ1n) is 11.0. The number of aliphatic carboxylic acids is 1. The van der Waals surface area contributed by atoms with E-state index in [4.69, 9.17) is 11.5 Å². The zero-order valence-electron chi connectivity index (χ0n) is 19.0. The SMILES string of the molecule is NC(N)=NCCCCC(=O)Nc1ccc(CC(NC(=O)c2[nH]c3ccccc3c2O)C(=O)O)cc1. The van der Waals surface area contributed by atoms with E-state index in [2.05, 4.69) is 20.6 Å². The third-order valence-corrected chi connectivity index (χ3v) is 5.29. The number of rotatable bonds is 11. The highest BCUT2D eigenvalue weighted by atomic mass is 16.4. The number of H-pyrrole nitrogens is 1. The number of fused-ring (bicyclic) bond motifs is 1. The van der Waals surface area contributed by atoms with Crippen molar-refractivity contribution in [1.29, 1.82) is 0 Å². The Kier molecular flexibility index (Phi) is 8.28. The lowest BCUT2D eigenvalue weighted by Crippen LogP contribution is -2.42. The third-order valence-electron chi connectivity index (χ3n) is 5.29. The number of carbonyl (C=O) groups excluding carboxylic acids is 2. The molecule has 11 heteroatoms. The van der Waals surface area contributed by atoms with Crippen LogP contribution in [-0.4, -0.2) is 51.5 Å². The number of nitrogens with zero attached hydrogens (tertiary/aromatic N) is 1. The second kappa shape index (κ2) is 11.5. The summed E-state index contributed by atoms with van der Waals surface area (Å²) in [5.74, 6) is -2.31. The Labute approximate surface area is 201 Å². The monoisotopic (exact) mass is 480 g/mol. The first kappa shape index (κ1) is 25.1. The average molecular weight is 481 g/mol. The molecule has 0 aliphatic carbocycles. The number of hydrogen-bond acceptors (Lipinski definition) is 5. The number of unbranched alkanes of at least 4 members (excludes halogenated alkanes) is 1. The van der Waals surface area contributed by atoms with Gasteiger partial charge in [0, 0.05) is 36.0 Å². The van der Waals surface area contributed by atoms with Gasteiger partial charge in [-0.25, -0.2) is 4.79 Å². The van der Waals surface area contributed by atoms with E-state index in [9.17, 15) is 24.6 Å². The minimum atomic E-state index is -1.22.